The van der Waals surface area contributed by atoms with E-state index >= 15 is 0 Å². The van der Waals surface area contributed by atoms with Crippen molar-refractivity contribution in [3.8, 4) is 0 Å². The molecule has 17 heavy (non-hydrogen) atoms. The highest BCUT2D eigenvalue weighted by atomic mass is 35.5. The lowest BCUT2D eigenvalue weighted by Gasteiger charge is -2.22. The zero-order chi connectivity index (χ0) is 11.8. The topological polar surface area (TPSA) is 44.4 Å². The van der Waals surface area contributed by atoms with E-state index < -0.39 is 0 Å². The maximum atomic E-state index is 12.4. The van der Waals surface area contributed by atoms with Gasteiger partial charge in [0, 0.05) is 18.8 Å². The minimum absolute atomic E-state index is 0.0555. The first-order valence-electron chi connectivity index (χ1n) is 5.79. The fourth-order valence-corrected chi connectivity index (χ4v) is 2.67. The first-order chi connectivity index (χ1) is 8.27. The number of nitrogens with zero attached hydrogens (tertiary/aromatic N) is 1. The van der Waals surface area contributed by atoms with Gasteiger partial charge >= 0.3 is 0 Å². The predicted octanol–water partition coefficient (Wildman–Crippen LogP) is 0.659. The first kappa shape index (κ1) is 11.0. The maximum Gasteiger partial charge on any atom is 0.247 e. The van der Waals surface area contributed by atoms with E-state index in [4.69, 9.17) is 11.6 Å². The molecule has 0 spiro atoms. The lowest BCUT2D eigenvalue weighted by atomic mass is 10.1. The SMILES string of the molecule is O=C(C1NNCC1Cl)N1CCc2ccccc21. The van der Waals surface area contributed by atoms with Crippen molar-refractivity contribution < 1.29 is 4.79 Å². The van der Waals surface area contributed by atoms with Crippen LogP contribution in [0.2, 0.25) is 0 Å². The van der Waals surface area contributed by atoms with E-state index in [1.165, 1.54) is 5.56 Å². The Kier molecular flexibility index (Phi) is 2.78. The van der Waals surface area contributed by atoms with E-state index in [-0.39, 0.29) is 17.3 Å². The second kappa shape index (κ2) is 4.29. The van der Waals surface area contributed by atoms with Crippen LogP contribution in [0.5, 0.6) is 0 Å². The smallest absolute Gasteiger partial charge is 0.247 e. The standard InChI is InChI=1S/C12H14ClN3O/c13-9-7-14-15-11(9)12(17)16-6-5-8-3-1-2-4-10(8)16/h1-4,9,11,14-15H,5-7H2. The Balaban J connectivity index is 1.84. The number of alkyl halides is 1. The molecule has 2 aliphatic heterocycles. The molecule has 2 atom stereocenters. The third-order valence-electron chi connectivity index (χ3n) is 3.34. The van der Waals surface area contributed by atoms with Crippen molar-refractivity contribution in [2.24, 2.45) is 0 Å². The highest BCUT2D eigenvalue weighted by molar-refractivity contribution is 6.24. The molecule has 1 aromatic rings. The number of halogens is 1. The summed E-state index contributed by atoms with van der Waals surface area (Å²) >= 11 is 6.11. The highest BCUT2D eigenvalue weighted by Crippen LogP contribution is 2.28. The van der Waals surface area contributed by atoms with E-state index in [9.17, 15) is 4.79 Å². The van der Waals surface area contributed by atoms with Crippen molar-refractivity contribution >= 4 is 23.2 Å². The van der Waals surface area contributed by atoms with Gasteiger partial charge in [-0.25, -0.2) is 5.43 Å². The van der Waals surface area contributed by atoms with Crippen molar-refractivity contribution in [3.05, 3.63) is 29.8 Å². The second-order valence-corrected chi connectivity index (χ2v) is 4.95. The quantitative estimate of drug-likeness (QED) is 0.721. The van der Waals surface area contributed by atoms with Gasteiger partial charge in [-0.05, 0) is 18.1 Å². The van der Waals surface area contributed by atoms with Gasteiger partial charge in [-0.15, -0.1) is 11.6 Å². The van der Waals surface area contributed by atoms with E-state index in [0.29, 0.717) is 6.54 Å². The van der Waals surface area contributed by atoms with E-state index in [2.05, 4.69) is 16.9 Å². The van der Waals surface area contributed by atoms with Crippen LogP contribution in [0.25, 0.3) is 0 Å². The number of hydrazine groups is 1. The summed E-state index contributed by atoms with van der Waals surface area (Å²) in [6.07, 6.45) is 0.926. The Morgan fingerprint density at radius 3 is 3.00 bits per heavy atom. The van der Waals surface area contributed by atoms with Gasteiger partial charge in [-0.3, -0.25) is 10.2 Å². The highest BCUT2D eigenvalue weighted by Gasteiger charge is 2.36. The lowest BCUT2D eigenvalue weighted by molar-refractivity contribution is -0.120. The summed E-state index contributed by atoms with van der Waals surface area (Å²) in [5, 5.41) is -0.185. The van der Waals surface area contributed by atoms with Crippen LogP contribution in [0, 0.1) is 0 Å². The van der Waals surface area contributed by atoms with Crippen molar-refractivity contribution in [1.82, 2.24) is 10.9 Å². The molecule has 0 radical (unpaired) electrons. The summed E-state index contributed by atoms with van der Waals surface area (Å²) in [5.41, 5.74) is 8.12. The molecule has 0 bridgehead atoms. The number of hydrogen-bond acceptors (Lipinski definition) is 3. The lowest BCUT2D eigenvalue weighted by Crippen LogP contribution is -2.47. The Bertz CT molecular complexity index is 451. The normalized spacial score (nSPS) is 27.2. The molecule has 2 aliphatic rings. The zero-order valence-corrected chi connectivity index (χ0v) is 10.1. The molecular formula is C12H14ClN3O. The molecule has 1 fully saturated rings. The summed E-state index contributed by atoms with van der Waals surface area (Å²) in [5.74, 6) is 0.0555. The average Bonchev–Trinajstić information content (AvgIpc) is 2.94. The van der Waals surface area contributed by atoms with Gasteiger partial charge in [0.1, 0.15) is 6.04 Å². The summed E-state index contributed by atoms with van der Waals surface area (Å²) in [6.45, 7) is 1.37. The summed E-state index contributed by atoms with van der Waals surface area (Å²) in [4.78, 5) is 14.2. The summed E-state index contributed by atoms with van der Waals surface area (Å²) in [7, 11) is 0. The average molecular weight is 252 g/mol. The fraction of sp³-hybridized carbons (Fsp3) is 0.417. The molecule has 1 aromatic carbocycles. The molecule has 3 rings (SSSR count). The zero-order valence-electron chi connectivity index (χ0n) is 9.32. The van der Waals surface area contributed by atoms with Crippen LogP contribution < -0.4 is 15.8 Å². The minimum Gasteiger partial charge on any atom is -0.310 e. The number of hydrogen-bond donors (Lipinski definition) is 2. The van der Waals surface area contributed by atoms with Gasteiger partial charge in [0.2, 0.25) is 5.91 Å². The molecule has 0 saturated carbocycles. The molecule has 4 nitrogen and oxygen atoms in total. The monoisotopic (exact) mass is 251 g/mol. The second-order valence-electron chi connectivity index (χ2n) is 4.39. The minimum atomic E-state index is -0.331. The van der Waals surface area contributed by atoms with Crippen LogP contribution in [0.4, 0.5) is 5.69 Å². The van der Waals surface area contributed by atoms with Gasteiger partial charge in [0.25, 0.3) is 0 Å². The van der Waals surface area contributed by atoms with Crippen LogP contribution >= 0.6 is 11.6 Å². The number of anilines is 1. The van der Waals surface area contributed by atoms with Gasteiger partial charge in [-0.2, -0.15) is 0 Å². The number of carbonyl (C=O) groups excluding carboxylic acids is 1. The van der Waals surface area contributed by atoms with Crippen molar-refractivity contribution in [1.29, 1.82) is 0 Å². The first-order valence-corrected chi connectivity index (χ1v) is 6.23. The molecule has 1 amide bonds. The van der Waals surface area contributed by atoms with Crippen molar-refractivity contribution in [2.45, 2.75) is 17.8 Å². The van der Waals surface area contributed by atoms with Crippen molar-refractivity contribution in [3.63, 3.8) is 0 Å². The Morgan fingerprint density at radius 1 is 1.41 bits per heavy atom. The molecule has 2 N–H and O–H groups in total. The van der Waals surface area contributed by atoms with Crippen molar-refractivity contribution in [2.75, 3.05) is 18.0 Å². The molecule has 0 aliphatic carbocycles. The van der Waals surface area contributed by atoms with Gasteiger partial charge in [0.05, 0.1) is 5.38 Å². The molecule has 1 saturated heterocycles. The van der Waals surface area contributed by atoms with Crippen LogP contribution in [-0.4, -0.2) is 30.4 Å². The Hall–Kier alpha value is -1.10. The molecular weight excluding hydrogens is 238 g/mol. The van der Waals surface area contributed by atoms with Crippen LogP contribution in [0.3, 0.4) is 0 Å². The number of carbonyl (C=O) groups is 1. The van der Waals surface area contributed by atoms with Gasteiger partial charge in [-0.1, -0.05) is 18.2 Å². The predicted molar refractivity (Wildman–Crippen MR) is 67.1 cm³/mol. The molecule has 2 unspecified atom stereocenters. The maximum absolute atomic E-state index is 12.4. The van der Waals surface area contributed by atoms with Gasteiger partial charge < -0.3 is 4.90 Å². The molecule has 5 heteroatoms. The number of nitrogens with one attached hydrogen (secondary N) is 2. The number of para-hydroxylation sites is 1. The van der Waals surface area contributed by atoms with Crippen LogP contribution in [-0.2, 0) is 11.2 Å². The largest absolute Gasteiger partial charge is 0.310 e. The fourth-order valence-electron chi connectivity index (χ4n) is 2.43. The number of benzene rings is 1. The Labute approximate surface area is 105 Å². The molecule has 0 aromatic heterocycles. The summed E-state index contributed by atoms with van der Waals surface area (Å²) < 4.78 is 0. The third-order valence-corrected chi connectivity index (χ3v) is 3.74. The van der Waals surface area contributed by atoms with E-state index in [1.807, 2.05) is 23.1 Å². The third kappa shape index (κ3) is 1.82. The number of fused-ring (bicyclic) bond motifs is 1. The number of rotatable bonds is 1. The van der Waals surface area contributed by atoms with Gasteiger partial charge in [0.15, 0.2) is 0 Å². The summed E-state index contributed by atoms with van der Waals surface area (Å²) in [6, 6.07) is 7.70. The van der Waals surface area contributed by atoms with Crippen LogP contribution in [0.1, 0.15) is 5.56 Å². The van der Waals surface area contributed by atoms with E-state index in [0.717, 1.165) is 18.7 Å². The van der Waals surface area contributed by atoms with E-state index in [1.54, 1.807) is 0 Å². The molecule has 2 heterocycles. The Morgan fingerprint density at radius 2 is 2.24 bits per heavy atom. The number of amides is 1. The molecule has 90 valence electrons. The van der Waals surface area contributed by atoms with Crippen LogP contribution in [0.15, 0.2) is 24.3 Å².